The van der Waals surface area contributed by atoms with Gasteiger partial charge in [-0.25, -0.2) is 13.1 Å². The second-order valence-corrected chi connectivity index (χ2v) is 13.9. The summed E-state index contributed by atoms with van der Waals surface area (Å²) in [5.41, 5.74) is 2.90. The van der Waals surface area contributed by atoms with Gasteiger partial charge in [-0.3, -0.25) is 9.69 Å². The number of amides is 1. The van der Waals surface area contributed by atoms with Gasteiger partial charge in [-0.2, -0.15) is 0 Å². The molecule has 1 fully saturated rings. The lowest BCUT2D eigenvalue weighted by atomic mass is 9.95. The lowest BCUT2D eigenvalue weighted by molar-refractivity contribution is -0.122. The van der Waals surface area contributed by atoms with Gasteiger partial charge in [-0.05, 0) is 66.8 Å². The van der Waals surface area contributed by atoms with Gasteiger partial charge in [-0.1, -0.05) is 79.2 Å². The van der Waals surface area contributed by atoms with Crippen molar-refractivity contribution in [2.45, 2.75) is 81.6 Å². The summed E-state index contributed by atoms with van der Waals surface area (Å²) in [5, 5.41) is 4.98. The third-order valence-electron chi connectivity index (χ3n) is 9.11. The minimum absolute atomic E-state index is 0.0354. The predicted molar refractivity (Wildman–Crippen MR) is 174 cm³/mol. The van der Waals surface area contributed by atoms with Crippen LogP contribution < -0.4 is 14.8 Å². The molecule has 8 heteroatoms. The van der Waals surface area contributed by atoms with E-state index in [1.165, 1.54) is 24.8 Å². The van der Waals surface area contributed by atoms with Gasteiger partial charge in [0.15, 0.2) is 0 Å². The average molecular weight is 612 g/mol. The van der Waals surface area contributed by atoms with Crippen LogP contribution in [-0.4, -0.2) is 37.9 Å². The summed E-state index contributed by atoms with van der Waals surface area (Å²) in [6.07, 6.45) is 4.34. The molecule has 4 atom stereocenters. The van der Waals surface area contributed by atoms with E-state index < -0.39 is 16.1 Å². The number of sulfonamides is 1. The van der Waals surface area contributed by atoms with Crippen LogP contribution in [0.4, 0.5) is 0 Å². The second kappa shape index (κ2) is 13.1. The van der Waals surface area contributed by atoms with Gasteiger partial charge in [0.25, 0.3) is 0 Å². The minimum Gasteiger partial charge on any atom is -0.493 e. The lowest BCUT2D eigenvalue weighted by Gasteiger charge is -2.39. The van der Waals surface area contributed by atoms with Gasteiger partial charge < -0.3 is 10.1 Å². The molecule has 2 aliphatic heterocycles. The Morgan fingerprint density at radius 3 is 2.39 bits per heavy atom. The third-order valence-corrected chi connectivity index (χ3v) is 10.6. The molecule has 0 aliphatic carbocycles. The van der Waals surface area contributed by atoms with Crippen LogP contribution in [0.15, 0.2) is 95.9 Å². The largest absolute Gasteiger partial charge is 0.493 e. The van der Waals surface area contributed by atoms with Crippen LogP contribution >= 0.6 is 0 Å². The summed E-state index contributed by atoms with van der Waals surface area (Å²) >= 11 is 0. The van der Waals surface area contributed by atoms with E-state index in [0.29, 0.717) is 25.1 Å². The number of hydrogen-bond donors (Lipinski definition) is 2. The number of rotatable bonds is 9. The molecule has 0 aromatic heterocycles. The van der Waals surface area contributed by atoms with Crippen molar-refractivity contribution in [3.63, 3.8) is 0 Å². The van der Waals surface area contributed by atoms with Crippen LogP contribution in [0.3, 0.4) is 0 Å². The number of hydrogen-bond acceptors (Lipinski definition) is 5. The molecule has 1 amide bonds. The average Bonchev–Trinajstić information content (AvgIpc) is 3.02. The Kier molecular flexibility index (Phi) is 9.03. The van der Waals surface area contributed by atoms with Crippen LogP contribution in [0.25, 0.3) is 10.8 Å². The third kappa shape index (κ3) is 6.83. The number of carbonyl (C=O) groups excluding carboxylic acids is 1. The first-order chi connectivity index (χ1) is 21.3. The van der Waals surface area contributed by atoms with Gasteiger partial charge in [0.2, 0.25) is 15.9 Å². The molecule has 0 spiro atoms. The molecule has 0 radical (unpaired) electrons. The van der Waals surface area contributed by atoms with Crippen LogP contribution in [0.2, 0.25) is 0 Å². The summed E-state index contributed by atoms with van der Waals surface area (Å²) in [4.78, 5) is 16.2. The number of piperidine rings is 1. The van der Waals surface area contributed by atoms with Gasteiger partial charge >= 0.3 is 0 Å². The number of nitrogens with zero attached hydrogens (tertiary/aromatic N) is 1. The first-order valence-electron chi connectivity index (χ1n) is 15.6. The summed E-state index contributed by atoms with van der Waals surface area (Å²) < 4.78 is 36.0. The molecule has 2 N–H and O–H groups in total. The van der Waals surface area contributed by atoms with Gasteiger partial charge in [0.05, 0.1) is 23.6 Å². The molecule has 4 aromatic rings. The highest BCUT2D eigenvalue weighted by atomic mass is 32.2. The predicted octanol–water partition coefficient (Wildman–Crippen LogP) is 6.65. The molecule has 1 saturated heterocycles. The quantitative estimate of drug-likeness (QED) is 0.221. The Hall–Kier alpha value is -3.72. The number of nitrogens with one attached hydrogen (secondary N) is 2. The molecule has 7 nitrogen and oxygen atoms in total. The molecule has 2 heterocycles. The smallest absolute Gasteiger partial charge is 0.241 e. The van der Waals surface area contributed by atoms with E-state index in [9.17, 15) is 13.2 Å². The number of likely N-dealkylation sites (tertiary alicyclic amines) is 1. The van der Waals surface area contributed by atoms with E-state index in [1.54, 1.807) is 18.2 Å². The maximum atomic E-state index is 13.5. The molecule has 44 heavy (non-hydrogen) atoms. The molecule has 0 saturated carbocycles. The molecule has 2 aliphatic rings. The van der Waals surface area contributed by atoms with Crippen LogP contribution in [-0.2, 0) is 21.4 Å². The molecular formula is C36H41N3O4S. The Morgan fingerprint density at radius 1 is 0.886 bits per heavy atom. The summed E-state index contributed by atoms with van der Waals surface area (Å²) in [6, 6.07) is 28.5. The van der Waals surface area contributed by atoms with Crippen LogP contribution in [0.1, 0.15) is 74.7 Å². The topological polar surface area (TPSA) is 87.7 Å². The molecular weight excluding hydrogens is 570 g/mol. The summed E-state index contributed by atoms with van der Waals surface area (Å²) in [5.74, 6) is 0.589. The van der Waals surface area contributed by atoms with E-state index in [0.717, 1.165) is 34.2 Å². The molecule has 230 valence electrons. The van der Waals surface area contributed by atoms with Crippen molar-refractivity contribution >= 4 is 26.7 Å². The van der Waals surface area contributed by atoms with Crippen molar-refractivity contribution in [1.82, 2.24) is 14.9 Å². The van der Waals surface area contributed by atoms with E-state index in [-0.39, 0.29) is 23.3 Å². The molecule has 4 aromatic carbocycles. The van der Waals surface area contributed by atoms with E-state index in [1.807, 2.05) is 54.6 Å². The van der Waals surface area contributed by atoms with E-state index in [4.69, 9.17) is 4.74 Å². The maximum absolute atomic E-state index is 13.5. The summed E-state index contributed by atoms with van der Waals surface area (Å²) in [7, 11) is -3.91. The fourth-order valence-corrected chi connectivity index (χ4v) is 7.88. The van der Waals surface area contributed by atoms with Crippen molar-refractivity contribution in [2.24, 2.45) is 0 Å². The van der Waals surface area contributed by atoms with Crippen LogP contribution in [0.5, 0.6) is 5.75 Å². The maximum Gasteiger partial charge on any atom is 0.241 e. The molecule has 6 rings (SSSR count). The lowest BCUT2D eigenvalue weighted by Crippen LogP contribution is -2.43. The fourth-order valence-electron chi connectivity index (χ4n) is 6.62. The minimum atomic E-state index is -3.91. The normalized spacial score (nSPS) is 21.3. The number of carbonyl (C=O) groups is 1. The Labute approximate surface area is 260 Å². The Morgan fingerprint density at radius 2 is 1.61 bits per heavy atom. The fraction of sp³-hybridized carbons (Fsp3) is 0.361. The Bertz CT molecular complexity index is 1720. The van der Waals surface area contributed by atoms with Crippen LogP contribution in [0, 0.1) is 0 Å². The zero-order valence-electron chi connectivity index (χ0n) is 25.4. The van der Waals surface area contributed by atoms with E-state index in [2.05, 4.69) is 47.0 Å². The summed E-state index contributed by atoms with van der Waals surface area (Å²) in [6.45, 7) is 6.00. The van der Waals surface area contributed by atoms with Gasteiger partial charge in [0.1, 0.15) is 5.75 Å². The highest BCUT2D eigenvalue weighted by molar-refractivity contribution is 7.89. The zero-order chi connectivity index (χ0) is 30.7. The standard InChI is InChI=1S/C36H41N3O4S/c1-25-9-8-10-26(2)39(25)24-27-15-18-32-33(19-20-43-35(32)21-27)37-36(40)23-34(29-12-4-3-5-13-29)38-44(41,42)31-17-16-28-11-6-7-14-30(28)22-31/h3-7,11-18,21-22,25-26,33-34,38H,8-10,19-20,23-24H2,1-2H3,(H,37,40)/t25?,26?,33-,34-/m1/s1. The highest BCUT2D eigenvalue weighted by Gasteiger charge is 2.29. The number of fused-ring (bicyclic) bond motifs is 2. The van der Waals surface area contributed by atoms with Crippen molar-refractivity contribution in [3.05, 3.63) is 108 Å². The van der Waals surface area contributed by atoms with Gasteiger partial charge in [0, 0.05) is 37.0 Å². The highest BCUT2D eigenvalue weighted by Crippen LogP contribution is 2.35. The SMILES string of the molecule is CC1CCCC(C)N1Cc1ccc2c(c1)OCC[C@H]2NC(=O)C[C@@H](NS(=O)(=O)c1ccc2ccccc2c1)c1ccccc1. The van der Waals surface area contributed by atoms with E-state index >= 15 is 0 Å². The van der Waals surface area contributed by atoms with Crippen molar-refractivity contribution < 1.29 is 17.9 Å². The second-order valence-electron chi connectivity index (χ2n) is 12.2. The monoisotopic (exact) mass is 611 g/mol. The molecule has 2 unspecified atom stereocenters. The first kappa shape index (κ1) is 30.3. The Balaban J connectivity index is 1.17. The van der Waals surface area contributed by atoms with Crippen molar-refractivity contribution in [3.8, 4) is 5.75 Å². The van der Waals surface area contributed by atoms with Crippen molar-refractivity contribution in [2.75, 3.05) is 6.61 Å². The molecule has 0 bridgehead atoms. The number of ether oxygens (including phenoxy) is 1. The van der Waals surface area contributed by atoms with Crippen molar-refractivity contribution in [1.29, 1.82) is 0 Å². The first-order valence-corrected chi connectivity index (χ1v) is 17.1. The zero-order valence-corrected chi connectivity index (χ0v) is 26.2. The van der Waals surface area contributed by atoms with Gasteiger partial charge in [-0.15, -0.1) is 0 Å². The number of benzene rings is 4.